The van der Waals surface area contributed by atoms with Crippen molar-refractivity contribution in [1.29, 1.82) is 0 Å². The van der Waals surface area contributed by atoms with Crippen molar-refractivity contribution in [3.63, 3.8) is 0 Å². The second kappa shape index (κ2) is 3.62. The number of fused-ring (bicyclic) bond motifs is 2. The highest BCUT2D eigenvalue weighted by Gasteiger charge is 2.23. The zero-order valence-corrected chi connectivity index (χ0v) is 9.60. The molecule has 1 N–H and O–H groups in total. The van der Waals surface area contributed by atoms with E-state index >= 15 is 0 Å². The van der Waals surface area contributed by atoms with Gasteiger partial charge in [0.1, 0.15) is 11.7 Å². The Morgan fingerprint density at radius 1 is 0.882 bits per heavy atom. The molecule has 1 aromatic heterocycles. The summed E-state index contributed by atoms with van der Waals surface area (Å²) in [5.41, 5.74) is 3.79. The zero-order valence-electron chi connectivity index (χ0n) is 9.60. The summed E-state index contributed by atoms with van der Waals surface area (Å²) in [7, 11) is 3.51. The molecule has 5 heteroatoms. The average Bonchev–Trinajstić information content (AvgIpc) is 2.73. The SMILES string of the molecule is CN=C1NC(=NC)c2cc3nccnc3cc21. The van der Waals surface area contributed by atoms with Crippen LogP contribution in [0.2, 0.25) is 0 Å². The van der Waals surface area contributed by atoms with Gasteiger partial charge in [-0.05, 0) is 12.1 Å². The zero-order chi connectivity index (χ0) is 11.8. The van der Waals surface area contributed by atoms with Gasteiger partial charge < -0.3 is 5.32 Å². The minimum absolute atomic E-state index is 0.827. The lowest BCUT2D eigenvalue weighted by Gasteiger charge is -2.00. The maximum absolute atomic E-state index is 4.29. The first-order valence-corrected chi connectivity index (χ1v) is 5.29. The van der Waals surface area contributed by atoms with Crippen LogP contribution in [0.15, 0.2) is 34.5 Å². The van der Waals surface area contributed by atoms with Gasteiger partial charge in [-0.1, -0.05) is 0 Å². The van der Waals surface area contributed by atoms with Gasteiger partial charge in [-0.3, -0.25) is 20.0 Å². The molecule has 1 aliphatic rings. The van der Waals surface area contributed by atoms with Crippen LogP contribution in [0, 0.1) is 0 Å². The van der Waals surface area contributed by atoms with E-state index in [1.807, 2.05) is 12.1 Å². The molecule has 3 rings (SSSR count). The number of hydrogen-bond donors (Lipinski definition) is 1. The fourth-order valence-electron chi connectivity index (χ4n) is 2.00. The van der Waals surface area contributed by atoms with Crippen molar-refractivity contribution >= 4 is 22.7 Å². The number of aromatic nitrogens is 2. The standard InChI is InChI=1S/C12H11N5/c1-13-11-7-5-9-10(16-4-3-15-9)6-8(7)12(14-2)17-11/h3-6H,1-2H3,(H,13,14,17). The monoisotopic (exact) mass is 225 g/mol. The van der Waals surface area contributed by atoms with Crippen molar-refractivity contribution in [3.05, 3.63) is 35.7 Å². The van der Waals surface area contributed by atoms with E-state index in [-0.39, 0.29) is 0 Å². The Kier molecular flexibility index (Phi) is 2.11. The predicted molar refractivity (Wildman–Crippen MR) is 67.6 cm³/mol. The highest BCUT2D eigenvalue weighted by molar-refractivity contribution is 6.26. The highest BCUT2D eigenvalue weighted by Crippen LogP contribution is 2.21. The van der Waals surface area contributed by atoms with Gasteiger partial charge in [-0.25, -0.2) is 0 Å². The van der Waals surface area contributed by atoms with E-state index in [2.05, 4.69) is 25.3 Å². The Labute approximate surface area is 98.3 Å². The molecule has 84 valence electrons. The van der Waals surface area contributed by atoms with E-state index in [1.54, 1.807) is 26.5 Å². The summed E-state index contributed by atoms with van der Waals surface area (Å²) in [5, 5.41) is 3.18. The van der Waals surface area contributed by atoms with Crippen LogP contribution in [0.1, 0.15) is 11.1 Å². The van der Waals surface area contributed by atoms with E-state index in [1.165, 1.54) is 0 Å². The number of benzene rings is 1. The van der Waals surface area contributed by atoms with Crippen molar-refractivity contribution in [2.75, 3.05) is 14.1 Å². The molecular weight excluding hydrogens is 214 g/mol. The lowest BCUT2D eigenvalue weighted by Crippen LogP contribution is -2.22. The van der Waals surface area contributed by atoms with Gasteiger partial charge >= 0.3 is 0 Å². The first-order chi connectivity index (χ1) is 8.33. The first kappa shape index (κ1) is 9.89. The molecule has 0 saturated heterocycles. The summed E-state index contributed by atoms with van der Waals surface area (Å²) in [6.45, 7) is 0. The predicted octanol–water partition coefficient (Wildman–Crippen LogP) is 0.986. The number of hydrogen-bond acceptors (Lipinski definition) is 4. The third-order valence-electron chi connectivity index (χ3n) is 2.80. The smallest absolute Gasteiger partial charge is 0.134 e. The van der Waals surface area contributed by atoms with E-state index in [0.29, 0.717) is 0 Å². The van der Waals surface area contributed by atoms with E-state index in [4.69, 9.17) is 0 Å². The van der Waals surface area contributed by atoms with Crippen molar-refractivity contribution in [2.24, 2.45) is 9.98 Å². The number of amidine groups is 2. The Balaban J connectivity index is 2.36. The van der Waals surface area contributed by atoms with Crippen LogP contribution in [0.3, 0.4) is 0 Å². The molecule has 1 aromatic carbocycles. The van der Waals surface area contributed by atoms with Gasteiger partial charge in [0.2, 0.25) is 0 Å². The van der Waals surface area contributed by atoms with Gasteiger partial charge in [0.05, 0.1) is 11.0 Å². The highest BCUT2D eigenvalue weighted by atomic mass is 15.1. The summed E-state index contributed by atoms with van der Waals surface area (Å²) >= 11 is 0. The number of aliphatic imine (C=N–C) groups is 2. The average molecular weight is 225 g/mol. The lowest BCUT2D eigenvalue weighted by atomic mass is 10.1. The molecule has 0 amide bonds. The number of nitrogens with zero attached hydrogens (tertiary/aromatic N) is 4. The minimum Gasteiger partial charge on any atom is -0.325 e. The van der Waals surface area contributed by atoms with Crippen LogP contribution in [0.25, 0.3) is 11.0 Å². The van der Waals surface area contributed by atoms with Gasteiger partial charge in [-0.2, -0.15) is 0 Å². The molecule has 17 heavy (non-hydrogen) atoms. The summed E-state index contributed by atoms with van der Waals surface area (Å²) in [6.07, 6.45) is 3.38. The van der Waals surface area contributed by atoms with Crippen LogP contribution < -0.4 is 5.32 Å². The largest absolute Gasteiger partial charge is 0.325 e. The fraction of sp³-hybridized carbons (Fsp3) is 0.167. The topological polar surface area (TPSA) is 62.5 Å². The Morgan fingerprint density at radius 3 is 1.76 bits per heavy atom. The molecule has 0 atom stereocenters. The third-order valence-corrected chi connectivity index (χ3v) is 2.80. The van der Waals surface area contributed by atoms with Crippen LogP contribution in [-0.2, 0) is 0 Å². The number of rotatable bonds is 0. The molecule has 0 aliphatic carbocycles. The van der Waals surface area contributed by atoms with Crippen molar-refractivity contribution in [1.82, 2.24) is 15.3 Å². The second-order valence-electron chi connectivity index (χ2n) is 3.71. The van der Waals surface area contributed by atoms with Crippen LogP contribution in [0.5, 0.6) is 0 Å². The normalized spacial score (nSPS) is 18.7. The van der Waals surface area contributed by atoms with Crippen molar-refractivity contribution < 1.29 is 0 Å². The van der Waals surface area contributed by atoms with Crippen LogP contribution in [-0.4, -0.2) is 35.7 Å². The summed E-state index contributed by atoms with van der Waals surface area (Å²) < 4.78 is 0. The number of nitrogens with one attached hydrogen (secondary N) is 1. The Hall–Kier alpha value is -2.30. The van der Waals surface area contributed by atoms with E-state index in [9.17, 15) is 0 Å². The molecular formula is C12H11N5. The quantitative estimate of drug-likeness (QED) is 0.727. The van der Waals surface area contributed by atoms with Gasteiger partial charge in [0.25, 0.3) is 0 Å². The van der Waals surface area contributed by atoms with Gasteiger partial charge in [-0.15, -0.1) is 0 Å². The van der Waals surface area contributed by atoms with Crippen molar-refractivity contribution in [2.45, 2.75) is 0 Å². The fourth-order valence-corrected chi connectivity index (χ4v) is 2.00. The maximum Gasteiger partial charge on any atom is 0.134 e. The molecule has 0 spiro atoms. The van der Waals surface area contributed by atoms with E-state index < -0.39 is 0 Å². The van der Waals surface area contributed by atoms with Crippen LogP contribution >= 0.6 is 0 Å². The molecule has 0 fully saturated rings. The molecule has 2 aromatic rings. The van der Waals surface area contributed by atoms with Crippen LogP contribution in [0.4, 0.5) is 0 Å². The first-order valence-electron chi connectivity index (χ1n) is 5.29. The molecule has 0 bridgehead atoms. The summed E-state index contributed by atoms with van der Waals surface area (Å²) in [6, 6.07) is 3.98. The summed E-state index contributed by atoms with van der Waals surface area (Å²) in [4.78, 5) is 17.0. The molecule has 5 nitrogen and oxygen atoms in total. The Bertz CT molecular complexity index is 600. The minimum atomic E-state index is 0.827. The van der Waals surface area contributed by atoms with Gasteiger partial charge in [0, 0.05) is 37.6 Å². The molecule has 0 saturated carbocycles. The van der Waals surface area contributed by atoms with E-state index in [0.717, 1.165) is 33.8 Å². The lowest BCUT2D eigenvalue weighted by molar-refractivity contribution is 1.29. The maximum atomic E-state index is 4.29. The summed E-state index contributed by atoms with van der Waals surface area (Å²) in [5.74, 6) is 1.65. The molecule has 2 heterocycles. The third kappa shape index (κ3) is 1.39. The molecule has 0 unspecified atom stereocenters. The van der Waals surface area contributed by atoms with Gasteiger partial charge in [0.15, 0.2) is 0 Å². The molecule has 0 radical (unpaired) electrons. The van der Waals surface area contributed by atoms with Crippen molar-refractivity contribution in [3.8, 4) is 0 Å². The molecule has 1 aliphatic heterocycles. The Morgan fingerprint density at radius 2 is 1.35 bits per heavy atom. The second-order valence-corrected chi connectivity index (χ2v) is 3.71.